The number of Topliss-reactive ketones (excluding diaryl/α,β-unsaturated/α-hetero) is 1. The Kier molecular flexibility index (Phi) is 7.98. The van der Waals surface area contributed by atoms with Crippen molar-refractivity contribution in [3.05, 3.63) is 146 Å². The van der Waals surface area contributed by atoms with Crippen LogP contribution in [0.1, 0.15) is 53.3 Å². The first kappa shape index (κ1) is 27.1. The highest BCUT2D eigenvalue weighted by atomic mass is 35.5. The van der Waals surface area contributed by atoms with Crippen molar-refractivity contribution in [2.75, 3.05) is 11.9 Å². The fraction of sp³-hybridized carbons (Fsp3) is 0.0625. The minimum atomic E-state index is -1.50. The van der Waals surface area contributed by atoms with E-state index >= 15 is 0 Å². The van der Waals surface area contributed by atoms with E-state index in [0.717, 1.165) is 11.4 Å². The molecule has 0 bridgehead atoms. The number of halogens is 1. The quantitative estimate of drug-likeness (QED) is 0.194. The molecule has 1 unspecified atom stereocenters. The Hall–Kier alpha value is -4.43. The molecule has 0 radical (unpaired) electrons. The zero-order valence-electron chi connectivity index (χ0n) is 21.3. The van der Waals surface area contributed by atoms with Crippen LogP contribution in [-0.4, -0.2) is 34.5 Å². The van der Waals surface area contributed by atoms with Crippen LogP contribution in [0.5, 0.6) is 0 Å². The first-order valence-electron chi connectivity index (χ1n) is 12.3. The topological polar surface area (TPSA) is 87.6 Å². The Bertz CT molecular complexity index is 1670. The number of rotatable bonds is 9. The number of nitrogens with zero attached hydrogens (tertiary/aromatic N) is 2. The number of carbonyl (C=O) groups is 3. The number of aromatic nitrogens is 1. The summed E-state index contributed by atoms with van der Waals surface area (Å²) in [6.45, 7) is 0. The maximum absolute atomic E-state index is 13.5. The fourth-order valence-corrected chi connectivity index (χ4v) is 5.05. The standard InChI is InChI=1S/C32H23ClN2O4S/c1-35(23-12-10-22(33)11-13-23)24-14-16-27(34-19-24)29(36)21-9-15-25(31(38)28-8-5-17-40-28)26(18-21)32(39)30(37)20-6-3-2-4-7-20/h2-19,30,37H,1H3. The van der Waals surface area contributed by atoms with Gasteiger partial charge in [0, 0.05) is 34.4 Å². The molecule has 1 N–H and O–H groups in total. The molecule has 5 rings (SSSR count). The molecule has 40 heavy (non-hydrogen) atoms. The average molecular weight is 567 g/mol. The van der Waals surface area contributed by atoms with E-state index in [2.05, 4.69) is 4.98 Å². The predicted molar refractivity (Wildman–Crippen MR) is 157 cm³/mol. The van der Waals surface area contributed by atoms with Crippen LogP contribution in [0.2, 0.25) is 5.02 Å². The molecule has 198 valence electrons. The SMILES string of the molecule is CN(c1ccc(Cl)cc1)c1ccc(C(=O)c2ccc(C(=O)c3cccs3)c(C(=O)C(O)c3ccccc3)c2)nc1. The van der Waals surface area contributed by atoms with Crippen molar-refractivity contribution in [2.45, 2.75) is 6.10 Å². The Morgan fingerprint density at radius 3 is 2.20 bits per heavy atom. The highest BCUT2D eigenvalue weighted by Crippen LogP contribution is 2.27. The number of hydrogen-bond donors (Lipinski definition) is 1. The van der Waals surface area contributed by atoms with Gasteiger partial charge in [0.15, 0.2) is 5.78 Å². The summed E-state index contributed by atoms with van der Waals surface area (Å²) in [5.74, 6) is -1.45. The van der Waals surface area contributed by atoms with Crippen molar-refractivity contribution < 1.29 is 19.5 Å². The summed E-state index contributed by atoms with van der Waals surface area (Å²) in [7, 11) is 1.88. The summed E-state index contributed by atoms with van der Waals surface area (Å²) < 4.78 is 0. The van der Waals surface area contributed by atoms with E-state index in [0.29, 0.717) is 15.5 Å². The summed E-state index contributed by atoms with van der Waals surface area (Å²) in [6, 6.07) is 26.9. The zero-order chi connectivity index (χ0) is 28.2. The van der Waals surface area contributed by atoms with Gasteiger partial charge in [-0.2, -0.15) is 0 Å². The third kappa shape index (κ3) is 5.62. The van der Waals surface area contributed by atoms with Crippen LogP contribution in [0.25, 0.3) is 0 Å². The molecule has 0 amide bonds. The first-order valence-corrected chi connectivity index (χ1v) is 13.6. The number of carbonyl (C=O) groups excluding carboxylic acids is 3. The molecule has 1 atom stereocenters. The zero-order valence-corrected chi connectivity index (χ0v) is 22.9. The molecule has 0 saturated heterocycles. The van der Waals surface area contributed by atoms with E-state index in [1.54, 1.807) is 78.3 Å². The second-order valence-electron chi connectivity index (χ2n) is 9.01. The van der Waals surface area contributed by atoms with Crippen LogP contribution in [-0.2, 0) is 0 Å². The number of pyridine rings is 1. The van der Waals surface area contributed by atoms with Gasteiger partial charge in [0.2, 0.25) is 11.6 Å². The van der Waals surface area contributed by atoms with E-state index in [-0.39, 0.29) is 28.2 Å². The normalized spacial score (nSPS) is 11.6. The molecule has 2 heterocycles. The van der Waals surface area contributed by atoms with E-state index in [1.807, 2.05) is 24.1 Å². The summed E-state index contributed by atoms with van der Waals surface area (Å²) in [5, 5.41) is 13.3. The van der Waals surface area contributed by atoms with Gasteiger partial charge in [-0.05, 0) is 65.5 Å². The molecule has 0 aliphatic rings. The van der Waals surface area contributed by atoms with Gasteiger partial charge in [-0.25, -0.2) is 0 Å². The van der Waals surface area contributed by atoms with Crippen molar-refractivity contribution in [1.29, 1.82) is 0 Å². The lowest BCUT2D eigenvalue weighted by Crippen LogP contribution is -2.18. The van der Waals surface area contributed by atoms with Crippen molar-refractivity contribution in [3.8, 4) is 0 Å². The monoisotopic (exact) mass is 566 g/mol. The van der Waals surface area contributed by atoms with Crippen LogP contribution in [0.15, 0.2) is 109 Å². The Morgan fingerprint density at radius 2 is 1.55 bits per heavy atom. The summed E-state index contributed by atoms with van der Waals surface area (Å²) in [6.07, 6.45) is 0.0872. The lowest BCUT2D eigenvalue weighted by molar-refractivity contribution is 0.0744. The molecule has 0 aliphatic carbocycles. The number of hydrogen-bond acceptors (Lipinski definition) is 7. The average Bonchev–Trinajstić information content (AvgIpc) is 3.55. The molecular formula is C32H23ClN2O4S. The van der Waals surface area contributed by atoms with Crippen molar-refractivity contribution in [1.82, 2.24) is 4.98 Å². The largest absolute Gasteiger partial charge is 0.380 e. The molecule has 0 aliphatic heterocycles. The number of thiophene rings is 1. The smallest absolute Gasteiger partial charge is 0.211 e. The third-order valence-corrected chi connectivity index (χ3v) is 7.60. The van der Waals surface area contributed by atoms with E-state index in [1.165, 1.54) is 29.5 Å². The number of ketones is 3. The molecule has 6 nitrogen and oxygen atoms in total. The second kappa shape index (κ2) is 11.8. The van der Waals surface area contributed by atoms with Gasteiger partial charge in [0.05, 0.1) is 16.8 Å². The minimum Gasteiger partial charge on any atom is -0.380 e. The van der Waals surface area contributed by atoms with Crippen LogP contribution in [0.3, 0.4) is 0 Å². The second-order valence-corrected chi connectivity index (χ2v) is 10.4. The lowest BCUT2D eigenvalue weighted by atomic mass is 9.91. The Balaban J connectivity index is 1.47. The van der Waals surface area contributed by atoms with E-state index < -0.39 is 17.7 Å². The van der Waals surface area contributed by atoms with Crippen LogP contribution < -0.4 is 4.90 Å². The molecular weight excluding hydrogens is 544 g/mol. The summed E-state index contributed by atoms with van der Waals surface area (Å²) >= 11 is 7.24. The van der Waals surface area contributed by atoms with Gasteiger partial charge in [0.25, 0.3) is 0 Å². The predicted octanol–water partition coefficient (Wildman–Crippen LogP) is 6.94. The van der Waals surface area contributed by atoms with Gasteiger partial charge in [-0.3, -0.25) is 19.4 Å². The van der Waals surface area contributed by atoms with Gasteiger partial charge < -0.3 is 10.0 Å². The Morgan fingerprint density at radius 1 is 0.825 bits per heavy atom. The molecule has 5 aromatic rings. The van der Waals surface area contributed by atoms with Crippen LogP contribution >= 0.6 is 22.9 Å². The van der Waals surface area contributed by atoms with Gasteiger partial charge in [0.1, 0.15) is 11.8 Å². The van der Waals surface area contributed by atoms with Crippen LogP contribution in [0, 0.1) is 0 Å². The number of benzene rings is 3. The maximum Gasteiger partial charge on any atom is 0.211 e. The molecule has 0 fully saturated rings. The molecule has 2 aromatic heterocycles. The number of aliphatic hydroxyl groups excluding tert-OH is 1. The van der Waals surface area contributed by atoms with Crippen molar-refractivity contribution >= 4 is 51.7 Å². The minimum absolute atomic E-state index is 0.0281. The van der Waals surface area contributed by atoms with Gasteiger partial charge >= 0.3 is 0 Å². The lowest BCUT2D eigenvalue weighted by Gasteiger charge is -2.19. The summed E-state index contributed by atoms with van der Waals surface area (Å²) in [5.41, 5.74) is 2.49. The third-order valence-electron chi connectivity index (χ3n) is 6.48. The number of aliphatic hydroxyl groups is 1. The summed E-state index contributed by atoms with van der Waals surface area (Å²) in [4.78, 5) is 46.9. The van der Waals surface area contributed by atoms with E-state index in [9.17, 15) is 19.5 Å². The van der Waals surface area contributed by atoms with Crippen LogP contribution in [0.4, 0.5) is 11.4 Å². The van der Waals surface area contributed by atoms with Gasteiger partial charge in [-0.1, -0.05) is 54.1 Å². The van der Waals surface area contributed by atoms with E-state index in [4.69, 9.17) is 11.6 Å². The molecule has 0 spiro atoms. The molecule has 3 aromatic carbocycles. The molecule has 0 saturated carbocycles. The van der Waals surface area contributed by atoms with Crippen molar-refractivity contribution in [3.63, 3.8) is 0 Å². The molecule has 8 heteroatoms. The Labute approximate surface area is 240 Å². The van der Waals surface area contributed by atoms with Gasteiger partial charge in [-0.15, -0.1) is 11.3 Å². The maximum atomic E-state index is 13.5. The van der Waals surface area contributed by atoms with Crippen molar-refractivity contribution in [2.24, 2.45) is 0 Å². The fourth-order valence-electron chi connectivity index (χ4n) is 4.24. The highest BCUT2D eigenvalue weighted by molar-refractivity contribution is 7.12. The first-order chi connectivity index (χ1) is 19.3. The number of anilines is 2. The highest BCUT2D eigenvalue weighted by Gasteiger charge is 2.27.